The maximum atomic E-state index is 8.28. The van der Waals surface area contributed by atoms with Crippen LogP contribution in [0.2, 0.25) is 0 Å². The van der Waals surface area contributed by atoms with Crippen LogP contribution in [-0.4, -0.2) is 25.3 Å². The van der Waals surface area contributed by atoms with Gasteiger partial charge in [-0.1, -0.05) is 93.2 Å². The van der Waals surface area contributed by atoms with Crippen molar-refractivity contribution in [3.63, 3.8) is 0 Å². The molecule has 0 spiro atoms. The third-order valence-electron chi connectivity index (χ3n) is 9.87. The predicted molar refractivity (Wildman–Crippen MR) is 178 cm³/mol. The fourth-order valence-corrected chi connectivity index (χ4v) is 8.12. The van der Waals surface area contributed by atoms with Gasteiger partial charge in [0.05, 0.1) is 0 Å². The summed E-state index contributed by atoms with van der Waals surface area (Å²) in [4.78, 5) is 0. The molecule has 0 amide bonds. The summed E-state index contributed by atoms with van der Waals surface area (Å²) in [6.07, 6.45) is 19.1. The van der Waals surface area contributed by atoms with Gasteiger partial charge in [-0.25, -0.2) is 0 Å². The summed E-state index contributed by atoms with van der Waals surface area (Å²) in [7, 11) is 0. The average molecular weight is 544 g/mol. The zero-order valence-electron chi connectivity index (χ0n) is 26.7. The van der Waals surface area contributed by atoms with Crippen LogP contribution in [0, 0.1) is 45.8 Å². The van der Waals surface area contributed by atoms with Crippen molar-refractivity contribution in [1.82, 2.24) is 10.6 Å². The number of hydrogen-bond acceptors (Lipinski definition) is 3. The van der Waals surface area contributed by atoms with E-state index in [2.05, 4.69) is 85.3 Å². The van der Waals surface area contributed by atoms with Crippen molar-refractivity contribution in [3.8, 4) is 0 Å². The molecule has 6 unspecified atom stereocenters. The second-order valence-corrected chi connectivity index (χ2v) is 13.1. The quantitative estimate of drug-likeness (QED) is 0.179. The maximum Gasteiger partial charge on any atom is 0.0164 e. The van der Waals surface area contributed by atoms with Crippen LogP contribution < -0.4 is 10.6 Å². The normalized spacial score (nSPS) is 31.9. The van der Waals surface area contributed by atoms with E-state index in [4.69, 9.17) is 5.41 Å². The number of nitrogens with one attached hydrogen (secondary N) is 3. The maximum absolute atomic E-state index is 8.28. The Bertz CT molecular complexity index is 734. The molecule has 3 nitrogen and oxygen atoms in total. The highest BCUT2D eigenvalue weighted by atomic mass is 14.8. The molecule has 0 aromatic heterocycles. The van der Waals surface area contributed by atoms with Gasteiger partial charge >= 0.3 is 0 Å². The lowest BCUT2D eigenvalue weighted by atomic mass is 9.47. The first-order valence-electron chi connectivity index (χ1n) is 16.0. The van der Waals surface area contributed by atoms with Crippen molar-refractivity contribution in [2.24, 2.45) is 40.4 Å². The van der Waals surface area contributed by atoms with E-state index in [1.54, 1.807) is 11.8 Å². The molecule has 228 valence electrons. The van der Waals surface area contributed by atoms with Crippen LogP contribution in [0.3, 0.4) is 0 Å². The van der Waals surface area contributed by atoms with Gasteiger partial charge in [0.2, 0.25) is 0 Å². The Morgan fingerprint density at radius 2 is 1.64 bits per heavy atom. The fraction of sp³-hybridized carbons (Fsp3) is 0.806. The molecule has 39 heavy (non-hydrogen) atoms. The first-order valence-corrected chi connectivity index (χ1v) is 16.0. The van der Waals surface area contributed by atoms with Crippen LogP contribution in [0.4, 0.5) is 0 Å². The predicted octanol–water partition coefficient (Wildman–Crippen LogP) is 10.2. The second-order valence-electron chi connectivity index (χ2n) is 13.1. The van der Waals surface area contributed by atoms with E-state index in [9.17, 15) is 0 Å². The van der Waals surface area contributed by atoms with Gasteiger partial charge in [0.1, 0.15) is 0 Å². The summed E-state index contributed by atoms with van der Waals surface area (Å²) in [5, 5.41) is 14.6. The molecule has 0 aromatic carbocycles. The van der Waals surface area contributed by atoms with E-state index in [1.165, 1.54) is 77.3 Å². The zero-order valence-corrected chi connectivity index (χ0v) is 26.7. The van der Waals surface area contributed by atoms with Crippen molar-refractivity contribution in [3.05, 3.63) is 37.1 Å². The Labute approximate surface area is 245 Å². The summed E-state index contributed by atoms with van der Waals surface area (Å²) in [5.74, 6) is 3.85. The molecule has 3 saturated carbocycles. The van der Waals surface area contributed by atoms with E-state index < -0.39 is 0 Å². The lowest BCUT2D eigenvalue weighted by Gasteiger charge is -2.57. The molecule has 3 rings (SSSR count). The van der Waals surface area contributed by atoms with Crippen molar-refractivity contribution in [2.45, 2.75) is 127 Å². The van der Waals surface area contributed by atoms with Crippen LogP contribution >= 0.6 is 0 Å². The van der Waals surface area contributed by atoms with Gasteiger partial charge in [-0.2, -0.15) is 0 Å². The van der Waals surface area contributed by atoms with Crippen molar-refractivity contribution in [1.29, 1.82) is 5.41 Å². The summed E-state index contributed by atoms with van der Waals surface area (Å²) < 4.78 is 0. The smallest absolute Gasteiger partial charge is 0.0164 e. The van der Waals surface area contributed by atoms with Gasteiger partial charge in [-0.15, -0.1) is 0 Å². The molecule has 0 aromatic rings. The molecule has 0 aliphatic heterocycles. The van der Waals surface area contributed by atoms with E-state index in [0.29, 0.717) is 16.7 Å². The number of fused-ring (bicyclic) bond motifs is 3. The minimum Gasteiger partial charge on any atom is -0.391 e. The summed E-state index contributed by atoms with van der Waals surface area (Å²) in [6.45, 7) is 29.0. The summed E-state index contributed by atoms with van der Waals surface area (Å²) >= 11 is 0. The van der Waals surface area contributed by atoms with Crippen LogP contribution in [0.1, 0.15) is 127 Å². The molecule has 0 heterocycles. The van der Waals surface area contributed by atoms with Gasteiger partial charge in [0.15, 0.2) is 0 Å². The van der Waals surface area contributed by atoms with Crippen LogP contribution in [0.5, 0.6) is 0 Å². The Kier molecular flexibility index (Phi) is 18.2. The van der Waals surface area contributed by atoms with Crippen LogP contribution in [-0.2, 0) is 0 Å². The van der Waals surface area contributed by atoms with Gasteiger partial charge in [0, 0.05) is 18.2 Å². The first-order chi connectivity index (χ1) is 18.1. The summed E-state index contributed by atoms with van der Waals surface area (Å²) in [5.41, 5.74) is 3.39. The highest BCUT2D eigenvalue weighted by Gasteiger charge is 2.58. The Hall–Kier alpha value is -1.35. The van der Waals surface area contributed by atoms with Gasteiger partial charge in [-0.05, 0) is 119 Å². The van der Waals surface area contributed by atoms with E-state index in [-0.39, 0.29) is 7.43 Å². The Morgan fingerprint density at radius 1 is 1.00 bits per heavy atom. The molecule has 3 aliphatic carbocycles. The minimum atomic E-state index is 0. The Morgan fingerprint density at radius 3 is 2.10 bits per heavy atom. The number of allylic oxidation sites excluding steroid dienone is 3. The lowest BCUT2D eigenvalue weighted by Crippen LogP contribution is -2.50. The molecular formula is C36H69N3. The molecular weight excluding hydrogens is 474 g/mol. The third-order valence-corrected chi connectivity index (χ3v) is 9.87. The second kappa shape index (κ2) is 18.9. The first kappa shape index (κ1) is 37.6. The van der Waals surface area contributed by atoms with Crippen LogP contribution in [0.15, 0.2) is 37.1 Å². The molecule has 0 bridgehead atoms. The highest BCUT2D eigenvalue weighted by molar-refractivity contribution is 5.82. The topological polar surface area (TPSA) is 47.9 Å². The van der Waals surface area contributed by atoms with Gasteiger partial charge < -0.3 is 16.0 Å². The van der Waals surface area contributed by atoms with E-state index in [0.717, 1.165) is 35.9 Å². The number of hydrogen-bond donors (Lipinski definition) is 3. The molecule has 3 aliphatic rings. The molecule has 3 N–H and O–H groups in total. The van der Waals surface area contributed by atoms with Gasteiger partial charge in [-0.3, -0.25) is 0 Å². The molecule has 3 fully saturated rings. The standard InChI is InChI=1S/C23H37N.C6H13N.C6H15N.CH4/c1-6-8-17-9-10-18-20-12-11-19(16(3)24)23(20,5)15-13-21(18)22(17,4)14-7-2;1-4-7-5-6(2)3;1-3-5-7-6-4-2;/h6,8,18-21,24H,1,7,9-15H2,2-5H3;4,6-7H,1,5H2,2-3H3;7H,3-6H2,1-2H3;1H4/b17-8-,24-16?;;;. The van der Waals surface area contributed by atoms with Gasteiger partial charge in [0.25, 0.3) is 0 Å². The van der Waals surface area contributed by atoms with Crippen LogP contribution in [0.25, 0.3) is 0 Å². The van der Waals surface area contributed by atoms with E-state index in [1.807, 2.05) is 6.08 Å². The lowest BCUT2D eigenvalue weighted by molar-refractivity contribution is -0.0408. The minimum absolute atomic E-state index is 0. The number of rotatable bonds is 11. The highest BCUT2D eigenvalue weighted by Crippen LogP contribution is 2.66. The molecule has 3 heteroatoms. The third kappa shape index (κ3) is 10.2. The van der Waals surface area contributed by atoms with Crippen molar-refractivity contribution in [2.75, 3.05) is 19.6 Å². The van der Waals surface area contributed by atoms with E-state index >= 15 is 0 Å². The largest absolute Gasteiger partial charge is 0.391 e. The molecule has 0 radical (unpaired) electrons. The average Bonchev–Trinajstić information content (AvgIpc) is 3.23. The Balaban J connectivity index is 0.000000801. The summed E-state index contributed by atoms with van der Waals surface area (Å²) in [6, 6.07) is 0. The fourth-order valence-electron chi connectivity index (χ4n) is 8.12. The zero-order chi connectivity index (χ0) is 28.8. The van der Waals surface area contributed by atoms with Crippen molar-refractivity contribution >= 4 is 5.71 Å². The SMILES string of the molecule is C.C=C/C=C1/CCC2C(CCC3(C)C(C(C)=N)CCC23)C1(C)CCC.C=CNCC(C)C.CCCNCCC. The van der Waals surface area contributed by atoms with Crippen molar-refractivity contribution < 1.29 is 0 Å². The molecule has 0 saturated heterocycles. The monoisotopic (exact) mass is 544 g/mol. The molecule has 6 atom stereocenters.